The van der Waals surface area contributed by atoms with Gasteiger partial charge in [-0.1, -0.05) is 75.4 Å². The Morgan fingerprint density at radius 2 is 1.53 bits per heavy atom. The lowest BCUT2D eigenvalue weighted by Gasteiger charge is -2.23. The fourth-order valence-electron chi connectivity index (χ4n) is 4.60. The summed E-state index contributed by atoms with van der Waals surface area (Å²) in [4.78, 5) is 12.6. The molecule has 4 heteroatoms. The average molecular weight is 432 g/mol. The van der Waals surface area contributed by atoms with E-state index in [4.69, 9.17) is 0 Å². The molecule has 32 heavy (non-hydrogen) atoms. The van der Waals surface area contributed by atoms with Gasteiger partial charge in [0.1, 0.15) is 0 Å². The monoisotopic (exact) mass is 431 g/mol. The largest absolute Gasteiger partial charge is 0.349 e. The van der Waals surface area contributed by atoms with Crippen LogP contribution in [-0.2, 0) is 5.41 Å². The number of halogens is 2. The molecule has 0 saturated heterocycles. The summed E-state index contributed by atoms with van der Waals surface area (Å²) in [6, 6.07) is 22.3. The van der Waals surface area contributed by atoms with Crippen molar-refractivity contribution in [3.8, 4) is 11.1 Å². The molecule has 0 heterocycles. The fraction of sp³-hybridized carbons (Fsp3) is 0.250. The van der Waals surface area contributed by atoms with E-state index in [9.17, 15) is 13.6 Å². The Hall–Kier alpha value is -3.27. The molecule has 3 aromatic rings. The number of carbonyl (C=O) groups excluding carboxylic acids is 1. The minimum Gasteiger partial charge on any atom is -0.349 e. The lowest BCUT2D eigenvalue weighted by molar-refractivity contribution is 0.0936. The number of amides is 1. The van der Waals surface area contributed by atoms with Crippen LogP contribution in [0.15, 0.2) is 78.9 Å². The molecule has 0 spiro atoms. The molecule has 1 N–H and O–H groups in total. The molecule has 1 aliphatic rings. The van der Waals surface area contributed by atoms with E-state index < -0.39 is 12.1 Å². The Labute approximate surface area is 188 Å². The first kappa shape index (κ1) is 21.9. The number of nitrogens with one attached hydrogen (secondary N) is 1. The highest BCUT2D eigenvalue weighted by atomic mass is 19.3. The van der Waals surface area contributed by atoms with Gasteiger partial charge in [0.15, 0.2) is 0 Å². The highest BCUT2D eigenvalue weighted by Gasteiger charge is 2.35. The van der Waals surface area contributed by atoms with E-state index in [2.05, 4.69) is 31.3 Å². The second-order valence-electron chi connectivity index (χ2n) is 8.82. The lowest BCUT2D eigenvalue weighted by atomic mass is 9.81. The van der Waals surface area contributed by atoms with Crippen LogP contribution < -0.4 is 5.32 Å². The molecule has 4 rings (SSSR count). The van der Waals surface area contributed by atoms with Crippen molar-refractivity contribution in [2.75, 3.05) is 0 Å². The fourth-order valence-corrected chi connectivity index (χ4v) is 4.60. The van der Waals surface area contributed by atoms with E-state index in [1.54, 1.807) is 30.3 Å². The van der Waals surface area contributed by atoms with Gasteiger partial charge in [-0.2, -0.15) is 8.78 Å². The van der Waals surface area contributed by atoms with Gasteiger partial charge in [-0.15, -0.1) is 0 Å². The summed E-state index contributed by atoms with van der Waals surface area (Å²) in [6.07, 6.45) is -1.08. The Morgan fingerprint density at radius 1 is 0.875 bits per heavy atom. The summed E-state index contributed by atoms with van der Waals surface area (Å²) in [5, 5.41) is 2.91. The predicted molar refractivity (Wildman–Crippen MR) is 126 cm³/mol. The number of rotatable bonds is 6. The highest BCUT2D eigenvalue weighted by Crippen LogP contribution is 2.49. The number of fused-ring (bicyclic) bond motifs is 3. The van der Waals surface area contributed by atoms with E-state index in [0.29, 0.717) is 17.5 Å². The lowest BCUT2D eigenvalue weighted by Crippen LogP contribution is -2.34. The molecular formula is C28H27F2NO. The maximum atomic E-state index is 14.1. The highest BCUT2D eigenvalue weighted by molar-refractivity contribution is 5.94. The second kappa shape index (κ2) is 8.70. The molecule has 164 valence electrons. The number of benzene rings is 3. The first-order valence-corrected chi connectivity index (χ1v) is 11.0. The van der Waals surface area contributed by atoms with Crippen molar-refractivity contribution in [3.05, 3.63) is 101 Å². The zero-order valence-corrected chi connectivity index (χ0v) is 18.6. The Morgan fingerprint density at radius 3 is 2.22 bits per heavy atom. The number of hydrogen-bond acceptors (Lipinski definition) is 1. The van der Waals surface area contributed by atoms with Crippen LogP contribution in [0.2, 0.25) is 0 Å². The zero-order valence-electron chi connectivity index (χ0n) is 18.6. The van der Waals surface area contributed by atoms with Gasteiger partial charge in [-0.25, -0.2) is 0 Å². The van der Waals surface area contributed by atoms with E-state index in [-0.39, 0.29) is 23.3 Å². The van der Waals surface area contributed by atoms with Gasteiger partial charge < -0.3 is 5.32 Å². The van der Waals surface area contributed by atoms with Crippen LogP contribution in [0.3, 0.4) is 0 Å². The first-order chi connectivity index (χ1) is 15.3. The number of carbonyl (C=O) groups is 1. The van der Waals surface area contributed by atoms with Crippen LogP contribution in [0.1, 0.15) is 60.7 Å². The average Bonchev–Trinajstić information content (AvgIpc) is 3.03. The van der Waals surface area contributed by atoms with Gasteiger partial charge in [-0.05, 0) is 58.9 Å². The van der Waals surface area contributed by atoms with Gasteiger partial charge in [0, 0.05) is 22.6 Å². The SMILES string of the molecule is CCC(CC(=C(F)F)c1ccc2c(c1)C(C)(C)c1ccccc1-2)NC(=O)c1ccccc1. The summed E-state index contributed by atoms with van der Waals surface area (Å²) in [5.74, 6) is -0.249. The van der Waals surface area contributed by atoms with Crippen LogP contribution in [0.4, 0.5) is 8.78 Å². The first-order valence-electron chi connectivity index (χ1n) is 11.0. The molecule has 0 fully saturated rings. The van der Waals surface area contributed by atoms with Crippen LogP contribution in [0, 0.1) is 0 Å². The molecule has 0 radical (unpaired) electrons. The predicted octanol–water partition coefficient (Wildman–Crippen LogP) is 7.20. The van der Waals surface area contributed by atoms with Gasteiger partial charge in [-0.3, -0.25) is 4.79 Å². The van der Waals surface area contributed by atoms with Crippen LogP contribution in [0.5, 0.6) is 0 Å². The minimum atomic E-state index is -1.70. The maximum Gasteiger partial charge on any atom is 0.274 e. The van der Waals surface area contributed by atoms with Crippen molar-refractivity contribution in [2.24, 2.45) is 0 Å². The van der Waals surface area contributed by atoms with Crippen LogP contribution in [-0.4, -0.2) is 11.9 Å². The molecule has 1 unspecified atom stereocenters. The summed E-state index contributed by atoms with van der Waals surface area (Å²) in [7, 11) is 0. The van der Waals surface area contributed by atoms with Gasteiger partial charge in [0.25, 0.3) is 12.0 Å². The molecule has 1 aliphatic carbocycles. The molecule has 1 amide bonds. The maximum absolute atomic E-state index is 14.1. The van der Waals surface area contributed by atoms with Gasteiger partial charge >= 0.3 is 0 Å². The molecule has 3 aromatic carbocycles. The van der Waals surface area contributed by atoms with E-state index >= 15 is 0 Å². The third-order valence-corrected chi connectivity index (χ3v) is 6.47. The summed E-state index contributed by atoms with van der Waals surface area (Å²) >= 11 is 0. The van der Waals surface area contributed by atoms with Crippen molar-refractivity contribution >= 4 is 11.5 Å². The normalized spacial score (nSPS) is 14.3. The standard InChI is InChI=1S/C28H27F2NO/c1-4-20(31-27(32)18-10-6-5-7-11-18)17-23(26(29)30)19-14-15-22-21-12-8-9-13-24(21)28(2,3)25(22)16-19/h5-16,20H,4,17H2,1-3H3,(H,31,32). The molecule has 0 saturated carbocycles. The van der Waals surface area contributed by atoms with E-state index in [1.807, 2.05) is 37.3 Å². The minimum absolute atomic E-state index is 0.0141. The molecule has 2 nitrogen and oxygen atoms in total. The number of hydrogen-bond donors (Lipinski definition) is 1. The van der Waals surface area contributed by atoms with Crippen molar-refractivity contribution in [1.82, 2.24) is 5.32 Å². The quantitative estimate of drug-likeness (QED) is 0.439. The second-order valence-corrected chi connectivity index (χ2v) is 8.82. The zero-order chi connectivity index (χ0) is 22.9. The summed E-state index contributed by atoms with van der Waals surface area (Å²) in [5.41, 5.74) is 5.28. The van der Waals surface area contributed by atoms with Crippen molar-refractivity contribution < 1.29 is 13.6 Å². The topological polar surface area (TPSA) is 29.1 Å². The Bertz CT molecular complexity index is 1180. The van der Waals surface area contributed by atoms with E-state index in [1.165, 1.54) is 5.56 Å². The van der Waals surface area contributed by atoms with Crippen molar-refractivity contribution in [1.29, 1.82) is 0 Å². The van der Waals surface area contributed by atoms with Crippen LogP contribution >= 0.6 is 0 Å². The van der Waals surface area contributed by atoms with Crippen molar-refractivity contribution in [3.63, 3.8) is 0 Å². The summed E-state index contributed by atoms with van der Waals surface area (Å²) in [6.45, 7) is 6.16. The third kappa shape index (κ3) is 3.97. The molecule has 0 aliphatic heterocycles. The Kier molecular flexibility index (Phi) is 5.96. The summed E-state index contributed by atoms with van der Waals surface area (Å²) < 4.78 is 28.2. The Balaban J connectivity index is 1.62. The van der Waals surface area contributed by atoms with Crippen LogP contribution in [0.25, 0.3) is 16.7 Å². The molecule has 0 bridgehead atoms. The van der Waals surface area contributed by atoms with Crippen molar-refractivity contribution in [2.45, 2.75) is 45.1 Å². The molecule has 1 atom stereocenters. The molecular weight excluding hydrogens is 404 g/mol. The smallest absolute Gasteiger partial charge is 0.274 e. The van der Waals surface area contributed by atoms with E-state index in [0.717, 1.165) is 16.7 Å². The third-order valence-electron chi connectivity index (χ3n) is 6.47. The van der Waals surface area contributed by atoms with Gasteiger partial charge in [0.05, 0.1) is 0 Å². The van der Waals surface area contributed by atoms with Gasteiger partial charge in [0.2, 0.25) is 0 Å². The molecule has 0 aromatic heterocycles.